The van der Waals surface area contributed by atoms with Gasteiger partial charge in [0, 0.05) is 23.5 Å². The van der Waals surface area contributed by atoms with E-state index in [1.165, 1.54) is 12.1 Å². The first kappa shape index (κ1) is 20.1. The van der Waals surface area contributed by atoms with Gasteiger partial charge in [-0.2, -0.15) is 0 Å². The number of rotatable bonds is 9. The molecule has 0 unspecified atom stereocenters. The Hall–Kier alpha value is -2.63. The molecule has 146 valence electrons. The van der Waals surface area contributed by atoms with Crippen LogP contribution >= 0.6 is 11.6 Å². The number of hydrogen-bond donors (Lipinski definition) is 1. The van der Waals surface area contributed by atoms with E-state index in [-0.39, 0.29) is 12.4 Å². The van der Waals surface area contributed by atoms with Crippen LogP contribution < -0.4 is 14.8 Å². The van der Waals surface area contributed by atoms with Gasteiger partial charge >= 0.3 is 0 Å². The van der Waals surface area contributed by atoms with Crippen LogP contribution in [0, 0.1) is 5.82 Å². The minimum Gasteiger partial charge on any atom is -0.490 e. The van der Waals surface area contributed by atoms with Crippen molar-refractivity contribution in [1.29, 1.82) is 0 Å². The van der Waals surface area contributed by atoms with E-state index < -0.39 is 0 Å². The summed E-state index contributed by atoms with van der Waals surface area (Å²) >= 11 is 6.47. The van der Waals surface area contributed by atoms with E-state index in [0.717, 1.165) is 29.8 Å². The van der Waals surface area contributed by atoms with Crippen LogP contribution in [0.4, 0.5) is 4.39 Å². The fraction of sp³-hybridized carbons (Fsp3) is 0.227. The zero-order valence-electron chi connectivity index (χ0n) is 15.7. The SMILES string of the molecule is CCOc1cc(C[NH2+]Cc2cccnc2)cc(Cl)c1OCc1ccc(F)cc1. The lowest BCUT2D eigenvalue weighted by Gasteiger charge is -2.15. The first-order valence-corrected chi connectivity index (χ1v) is 9.56. The Bertz CT molecular complexity index is 889. The van der Waals surface area contributed by atoms with Crippen molar-refractivity contribution < 1.29 is 19.2 Å². The van der Waals surface area contributed by atoms with Gasteiger partial charge in [-0.05, 0) is 42.8 Å². The smallest absolute Gasteiger partial charge is 0.180 e. The van der Waals surface area contributed by atoms with Crippen molar-refractivity contribution in [3.05, 3.63) is 88.5 Å². The van der Waals surface area contributed by atoms with Crippen LogP contribution in [0.3, 0.4) is 0 Å². The van der Waals surface area contributed by atoms with E-state index in [1.807, 2.05) is 31.3 Å². The van der Waals surface area contributed by atoms with Gasteiger partial charge in [0.05, 0.1) is 11.6 Å². The normalized spacial score (nSPS) is 10.7. The lowest BCUT2D eigenvalue weighted by molar-refractivity contribution is -0.686. The van der Waals surface area contributed by atoms with E-state index in [4.69, 9.17) is 21.1 Å². The van der Waals surface area contributed by atoms with Gasteiger partial charge in [0.1, 0.15) is 25.5 Å². The van der Waals surface area contributed by atoms with Crippen LogP contribution in [0.5, 0.6) is 11.5 Å². The Morgan fingerprint density at radius 3 is 2.50 bits per heavy atom. The predicted molar refractivity (Wildman–Crippen MR) is 107 cm³/mol. The molecular weight excluding hydrogens is 379 g/mol. The second-order valence-corrected chi connectivity index (χ2v) is 6.72. The molecule has 28 heavy (non-hydrogen) atoms. The Labute approximate surface area is 169 Å². The number of ether oxygens (including phenoxy) is 2. The number of hydrogen-bond acceptors (Lipinski definition) is 3. The molecule has 0 bridgehead atoms. The third-order valence-electron chi connectivity index (χ3n) is 4.15. The van der Waals surface area contributed by atoms with E-state index in [9.17, 15) is 4.39 Å². The molecule has 2 aromatic carbocycles. The summed E-state index contributed by atoms with van der Waals surface area (Å²) in [5.41, 5.74) is 3.07. The second-order valence-electron chi connectivity index (χ2n) is 6.31. The van der Waals surface area contributed by atoms with Crippen LogP contribution in [-0.2, 0) is 19.7 Å². The summed E-state index contributed by atoms with van der Waals surface area (Å²) in [6.07, 6.45) is 3.63. The Kier molecular flexibility index (Phi) is 7.23. The fourth-order valence-electron chi connectivity index (χ4n) is 2.80. The van der Waals surface area contributed by atoms with Crippen molar-refractivity contribution in [1.82, 2.24) is 4.98 Å². The molecule has 0 aliphatic rings. The first-order valence-electron chi connectivity index (χ1n) is 9.18. The van der Waals surface area contributed by atoms with Gasteiger partial charge in [0.2, 0.25) is 0 Å². The fourth-order valence-corrected chi connectivity index (χ4v) is 3.09. The summed E-state index contributed by atoms with van der Waals surface area (Å²) in [5, 5.41) is 2.68. The van der Waals surface area contributed by atoms with Crippen molar-refractivity contribution >= 4 is 11.6 Å². The van der Waals surface area contributed by atoms with Crippen LogP contribution in [0.25, 0.3) is 0 Å². The molecule has 0 saturated heterocycles. The van der Waals surface area contributed by atoms with E-state index >= 15 is 0 Å². The number of nitrogens with two attached hydrogens (primary N) is 1. The molecule has 0 aliphatic carbocycles. The van der Waals surface area contributed by atoms with Crippen molar-refractivity contribution in [2.45, 2.75) is 26.6 Å². The van der Waals surface area contributed by atoms with Gasteiger partial charge in [0.15, 0.2) is 11.5 Å². The standard InChI is InChI=1S/C22H22ClFN2O2/c1-2-27-21-11-18(14-26-13-17-4-3-9-25-12-17)10-20(23)22(21)28-15-16-5-7-19(24)8-6-16/h3-12,26H,2,13-15H2,1H3/p+1. The number of halogens is 2. The average molecular weight is 402 g/mol. The lowest BCUT2D eigenvalue weighted by atomic mass is 10.2. The number of benzene rings is 2. The minimum absolute atomic E-state index is 0.274. The van der Waals surface area contributed by atoms with E-state index in [1.54, 1.807) is 18.3 Å². The molecule has 0 atom stereocenters. The van der Waals surface area contributed by atoms with Gasteiger partial charge < -0.3 is 14.8 Å². The zero-order valence-corrected chi connectivity index (χ0v) is 16.5. The molecule has 4 nitrogen and oxygen atoms in total. The molecule has 3 rings (SSSR count). The largest absolute Gasteiger partial charge is 0.490 e. The van der Waals surface area contributed by atoms with Crippen molar-refractivity contribution in [3.8, 4) is 11.5 Å². The summed E-state index contributed by atoms with van der Waals surface area (Å²) in [4.78, 5) is 4.13. The molecule has 0 radical (unpaired) electrons. The molecule has 1 aromatic heterocycles. The summed E-state index contributed by atoms with van der Waals surface area (Å²) < 4.78 is 24.7. The molecule has 0 spiro atoms. The summed E-state index contributed by atoms with van der Waals surface area (Å²) in [6.45, 7) is 4.29. The van der Waals surface area contributed by atoms with Crippen molar-refractivity contribution in [2.75, 3.05) is 6.61 Å². The van der Waals surface area contributed by atoms with Gasteiger partial charge in [-0.3, -0.25) is 4.98 Å². The van der Waals surface area contributed by atoms with Crippen molar-refractivity contribution in [2.24, 2.45) is 0 Å². The van der Waals surface area contributed by atoms with Crippen LogP contribution in [0.15, 0.2) is 60.9 Å². The van der Waals surface area contributed by atoms with Crippen LogP contribution in [0.1, 0.15) is 23.6 Å². The average Bonchev–Trinajstić information content (AvgIpc) is 2.70. The van der Waals surface area contributed by atoms with Crippen LogP contribution in [0.2, 0.25) is 5.02 Å². The van der Waals surface area contributed by atoms with E-state index in [0.29, 0.717) is 23.1 Å². The highest BCUT2D eigenvalue weighted by Crippen LogP contribution is 2.37. The molecular formula is C22H23ClFN2O2+. The summed E-state index contributed by atoms with van der Waals surface area (Å²) in [5.74, 6) is 0.842. The predicted octanol–water partition coefficient (Wildman–Crippen LogP) is 4.12. The summed E-state index contributed by atoms with van der Waals surface area (Å²) in [7, 11) is 0. The zero-order chi connectivity index (χ0) is 19.8. The molecule has 3 aromatic rings. The quantitative estimate of drug-likeness (QED) is 0.586. The summed E-state index contributed by atoms with van der Waals surface area (Å²) in [6, 6.07) is 14.0. The van der Waals surface area contributed by atoms with E-state index in [2.05, 4.69) is 16.4 Å². The third-order valence-corrected chi connectivity index (χ3v) is 4.43. The van der Waals surface area contributed by atoms with Gasteiger partial charge in [-0.1, -0.05) is 29.8 Å². The monoisotopic (exact) mass is 401 g/mol. The highest BCUT2D eigenvalue weighted by Gasteiger charge is 2.14. The lowest BCUT2D eigenvalue weighted by Crippen LogP contribution is -2.80. The topological polar surface area (TPSA) is 48.0 Å². The molecule has 0 amide bonds. The third kappa shape index (κ3) is 5.68. The molecule has 0 aliphatic heterocycles. The molecule has 1 heterocycles. The second kappa shape index (κ2) is 10.1. The Balaban J connectivity index is 1.67. The minimum atomic E-state index is -0.274. The number of pyridine rings is 1. The molecule has 0 fully saturated rings. The number of aromatic nitrogens is 1. The highest BCUT2D eigenvalue weighted by molar-refractivity contribution is 6.32. The maximum Gasteiger partial charge on any atom is 0.180 e. The van der Waals surface area contributed by atoms with Crippen LogP contribution in [-0.4, -0.2) is 11.6 Å². The maximum absolute atomic E-state index is 13.0. The highest BCUT2D eigenvalue weighted by atomic mass is 35.5. The van der Waals surface area contributed by atoms with Crippen molar-refractivity contribution in [3.63, 3.8) is 0 Å². The molecule has 2 N–H and O–H groups in total. The van der Waals surface area contributed by atoms with Gasteiger partial charge in [-0.25, -0.2) is 4.39 Å². The Morgan fingerprint density at radius 2 is 1.79 bits per heavy atom. The first-order chi connectivity index (χ1) is 13.7. The Morgan fingerprint density at radius 1 is 1.00 bits per heavy atom. The molecule has 6 heteroatoms. The van der Waals surface area contributed by atoms with Gasteiger partial charge in [0.25, 0.3) is 0 Å². The molecule has 0 saturated carbocycles. The van der Waals surface area contributed by atoms with Gasteiger partial charge in [-0.15, -0.1) is 0 Å². The number of quaternary nitrogens is 1. The number of nitrogens with zero attached hydrogens (tertiary/aromatic N) is 1. The maximum atomic E-state index is 13.0.